The Hall–Kier alpha value is -1.81. The standard InChI is InChI=1S/C15H23N3O/c1-3-18(4-2)12-11-17-15(19)10-7-13-5-8-14(16)9-6-13/h5-10H,3-4,11-12,16H2,1-2H3,(H,17,19)/b10-7+. The molecule has 0 unspecified atom stereocenters. The van der Waals surface area contributed by atoms with Crippen molar-refractivity contribution in [3.05, 3.63) is 35.9 Å². The van der Waals surface area contributed by atoms with E-state index in [-0.39, 0.29) is 5.91 Å². The van der Waals surface area contributed by atoms with Crippen LogP contribution in [0.1, 0.15) is 19.4 Å². The van der Waals surface area contributed by atoms with E-state index in [1.54, 1.807) is 12.2 Å². The van der Waals surface area contributed by atoms with Gasteiger partial charge in [0.1, 0.15) is 0 Å². The van der Waals surface area contributed by atoms with Gasteiger partial charge in [-0.05, 0) is 36.9 Å². The lowest BCUT2D eigenvalue weighted by molar-refractivity contribution is -0.116. The fraction of sp³-hybridized carbons (Fsp3) is 0.400. The Morgan fingerprint density at radius 2 is 1.89 bits per heavy atom. The second-order valence-corrected chi connectivity index (χ2v) is 4.32. The van der Waals surface area contributed by atoms with E-state index in [9.17, 15) is 4.79 Å². The molecule has 0 aliphatic heterocycles. The van der Waals surface area contributed by atoms with Crippen molar-refractivity contribution in [3.8, 4) is 0 Å². The first-order chi connectivity index (χ1) is 9.15. The van der Waals surface area contributed by atoms with Crippen LogP contribution in [0.3, 0.4) is 0 Å². The van der Waals surface area contributed by atoms with Gasteiger partial charge < -0.3 is 16.0 Å². The minimum Gasteiger partial charge on any atom is -0.399 e. The van der Waals surface area contributed by atoms with Crippen LogP contribution in [0.2, 0.25) is 0 Å². The van der Waals surface area contributed by atoms with Crippen molar-refractivity contribution in [1.82, 2.24) is 10.2 Å². The highest BCUT2D eigenvalue weighted by Crippen LogP contribution is 2.06. The van der Waals surface area contributed by atoms with E-state index >= 15 is 0 Å². The van der Waals surface area contributed by atoms with E-state index in [4.69, 9.17) is 5.73 Å². The molecule has 0 aliphatic carbocycles. The van der Waals surface area contributed by atoms with E-state index in [0.717, 1.165) is 30.9 Å². The summed E-state index contributed by atoms with van der Waals surface area (Å²) in [6.45, 7) is 7.81. The molecule has 1 aromatic rings. The smallest absolute Gasteiger partial charge is 0.244 e. The highest BCUT2D eigenvalue weighted by atomic mass is 16.1. The predicted octanol–water partition coefficient (Wildman–Crippen LogP) is 1.74. The molecule has 4 heteroatoms. The van der Waals surface area contributed by atoms with Gasteiger partial charge in [-0.1, -0.05) is 26.0 Å². The van der Waals surface area contributed by atoms with E-state index < -0.39 is 0 Å². The molecule has 0 saturated carbocycles. The Morgan fingerprint density at radius 3 is 2.47 bits per heavy atom. The van der Waals surface area contributed by atoms with Gasteiger partial charge in [-0.25, -0.2) is 0 Å². The summed E-state index contributed by atoms with van der Waals surface area (Å²) in [5.41, 5.74) is 7.28. The zero-order chi connectivity index (χ0) is 14.1. The van der Waals surface area contributed by atoms with Crippen LogP contribution in [0.5, 0.6) is 0 Å². The van der Waals surface area contributed by atoms with Crippen LogP contribution in [-0.2, 0) is 4.79 Å². The lowest BCUT2D eigenvalue weighted by atomic mass is 10.2. The molecule has 4 nitrogen and oxygen atoms in total. The maximum absolute atomic E-state index is 11.6. The van der Waals surface area contributed by atoms with Gasteiger partial charge in [0.05, 0.1) is 0 Å². The lowest BCUT2D eigenvalue weighted by Gasteiger charge is -2.17. The second kappa shape index (κ2) is 8.32. The van der Waals surface area contributed by atoms with Crippen molar-refractivity contribution in [2.45, 2.75) is 13.8 Å². The molecule has 1 amide bonds. The third-order valence-electron chi connectivity index (χ3n) is 2.99. The molecule has 19 heavy (non-hydrogen) atoms. The number of hydrogen-bond donors (Lipinski definition) is 2. The van der Waals surface area contributed by atoms with E-state index in [2.05, 4.69) is 24.1 Å². The minimum absolute atomic E-state index is 0.0658. The van der Waals surface area contributed by atoms with Gasteiger partial charge in [0, 0.05) is 24.9 Å². The Labute approximate surface area is 115 Å². The van der Waals surface area contributed by atoms with Gasteiger partial charge in [0.15, 0.2) is 0 Å². The molecule has 1 aromatic carbocycles. The van der Waals surface area contributed by atoms with Gasteiger partial charge in [-0.15, -0.1) is 0 Å². The number of nitrogen functional groups attached to an aromatic ring is 1. The molecular formula is C15H23N3O. The predicted molar refractivity (Wildman–Crippen MR) is 80.7 cm³/mol. The number of likely N-dealkylation sites (N-methyl/N-ethyl adjacent to an activating group) is 1. The number of nitrogens with one attached hydrogen (secondary N) is 1. The molecule has 0 heterocycles. The average Bonchev–Trinajstić information content (AvgIpc) is 2.43. The zero-order valence-electron chi connectivity index (χ0n) is 11.7. The van der Waals surface area contributed by atoms with Crippen molar-refractivity contribution < 1.29 is 4.79 Å². The molecule has 0 radical (unpaired) electrons. The number of carbonyl (C=O) groups is 1. The average molecular weight is 261 g/mol. The molecule has 0 fully saturated rings. The maximum Gasteiger partial charge on any atom is 0.244 e. The van der Waals surface area contributed by atoms with E-state index in [0.29, 0.717) is 6.54 Å². The Bertz CT molecular complexity index is 408. The fourth-order valence-corrected chi connectivity index (χ4v) is 1.72. The van der Waals surface area contributed by atoms with Crippen LogP contribution in [0.4, 0.5) is 5.69 Å². The van der Waals surface area contributed by atoms with Crippen molar-refractivity contribution >= 4 is 17.7 Å². The molecule has 1 rings (SSSR count). The van der Waals surface area contributed by atoms with Crippen LogP contribution < -0.4 is 11.1 Å². The Kier molecular flexibility index (Phi) is 6.68. The van der Waals surface area contributed by atoms with Gasteiger partial charge >= 0.3 is 0 Å². The second-order valence-electron chi connectivity index (χ2n) is 4.32. The molecule has 0 bridgehead atoms. The Balaban J connectivity index is 2.32. The molecule has 0 aromatic heterocycles. The summed E-state index contributed by atoms with van der Waals surface area (Å²) in [5.74, 6) is -0.0658. The Morgan fingerprint density at radius 1 is 1.26 bits per heavy atom. The van der Waals surface area contributed by atoms with Gasteiger partial charge in [0.2, 0.25) is 5.91 Å². The molecule has 0 aliphatic rings. The van der Waals surface area contributed by atoms with Crippen molar-refractivity contribution in [2.75, 3.05) is 31.9 Å². The number of amides is 1. The van der Waals surface area contributed by atoms with Crippen LogP contribution in [-0.4, -0.2) is 37.0 Å². The lowest BCUT2D eigenvalue weighted by Crippen LogP contribution is -2.34. The minimum atomic E-state index is -0.0658. The normalized spacial score (nSPS) is 11.1. The van der Waals surface area contributed by atoms with Crippen LogP contribution in [0, 0.1) is 0 Å². The molecule has 0 spiro atoms. The number of rotatable bonds is 7. The summed E-state index contributed by atoms with van der Waals surface area (Å²) in [7, 11) is 0. The number of nitrogens with two attached hydrogens (primary N) is 1. The van der Waals surface area contributed by atoms with Gasteiger partial charge in [-0.3, -0.25) is 4.79 Å². The first-order valence-electron chi connectivity index (χ1n) is 6.69. The first-order valence-corrected chi connectivity index (χ1v) is 6.69. The summed E-state index contributed by atoms with van der Waals surface area (Å²) in [4.78, 5) is 13.9. The third-order valence-corrected chi connectivity index (χ3v) is 2.99. The van der Waals surface area contributed by atoms with Crippen molar-refractivity contribution in [1.29, 1.82) is 0 Å². The summed E-state index contributed by atoms with van der Waals surface area (Å²) in [6, 6.07) is 7.40. The first kappa shape index (κ1) is 15.2. The number of benzene rings is 1. The molecule has 0 saturated heterocycles. The van der Waals surface area contributed by atoms with Crippen molar-refractivity contribution in [3.63, 3.8) is 0 Å². The largest absolute Gasteiger partial charge is 0.399 e. The number of nitrogens with zero attached hydrogens (tertiary/aromatic N) is 1. The van der Waals surface area contributed by atoms with Gasteiger partial charge in [-0.2, -0.15) is 0 Å². The highest BCUT2D eigenvalue weighted by molar-refractivity contribution is 5.91. The molecule has 104 valence electrons. The summed E-state index contributed by atoms with van der Waals surface area (Å²) in [5, 5.41) is 2.87. The van der Waals surface area contributed by atoms with Crippen molar-refractivity contribution in [2.24, 2.45) is 0 Å². The molecule has 0 atom stereocenters. The van der Waals surface area contributed by atoms with Gasteiger partial charge in [0.25, 0.3) is 0 Å². The number of anilines is 1. The zero-order valence-corrected chi connectivity index (χ0v) is 11.7. The maximum atomic E-state index is 11.6. The summed E-state index contributed by atoms with van der Waals surface area (Å²) >= 11 is 0. The topological polar surface area (TPSA) is 58.4 Å². The van der Waals surface area contributed by atoms with Crippen LogP contribution in [0.15, 0.2) is 30.3 Å². The van der Waals surface area contributed by atoms with Crippen LogP contribution >= 0.6 is 0 Å². The quantitative estimate of drug-likeness (QED) is 0.580. The van der Waals surface area contributed by atoms with E-state index in [1.165, 1.54) is 0 Å². The van der Waals surface area contributed by atoms with E-state index in [1.807, 2.05) is 24.3 Å². The third kappa shape index (κ3) is 6.06. The highest BCUT2D eigenvalue weighted by Gasteiger charge is 1.99. The fourth-order valence-electron chi connectivity index (χ4n) is 1.72. The number of hydrogen-bond acceptors (Lipinski definition) is 3. The molecule has 3 N–H and O–H groups in total. The van der Waals surface area contributed by atoms with Crippen LogP contribution in [0.25, 0.3) is 6.08 Å². The monoisotopic (exact) mass is 261 g/mol. The summed E-state index contributed by atoms with van der Waals surface area (Å²) < 4.78 is 0. The summed E-state index contributed by atoms with van der Waals surface area (Å²) in [6.07, 6.45) is 3.33. The number of carbonyl (C=O) groups excluding carboxylic acids is 1. The SMILES string of the molecule is CCN(CC)CCNC(=O)/C=C/c1ccc(N)cc1. The molecular weight excluding hydrogens is 238 g/mol.